The highest BCUT2D eigenvalue weighted by Crippen LogP contribution is 2.29. The Morgan fingerprint density at radius 3 is 2.32 bits per heavy atom. The fourth-order valence-corrected chi connectivity index (χ4v) is 5.07. The molecule has 0 aromatic rings. The molecular formula is C12H23N3O3S. The summed E-state index contributed by atoms with van der Waals surface area (Å²) in [6.07, 6.45) is 4.98. The maximum absolute atomic E-state index is 12.7. The predicted molar refractivity (Wildman–Crippen MR) is 73.6 cm³/mol. The molecule has 1 saturated heterocycles. The van der Waals surface area contributed by atoms with Crippen LogP contribution in [0.1, 0.15) is 38.5 Å². The van der Waals surface area contributed by atoms with E-state index in [2.05, 4.69) is 0 Å². The van der Waals surface area contributed by atoms with Gasteiger partial charge in [-0.05, 0) is 25.7 Å². The van der Waals surface area contributed by atoms with Crippen molar-refractivity contribution >= 4 is 15.9 Å². The lowest BCUT2D eigenvalue weighted by Gasteiger charge is -2.33. The van der Waals surface area contributed by atoms with Gasteiger partial charge in [0.2, 0.25) is 10.0 Å². The smallest absolute Gasteiger partial charge is 0.217 e. The summed E-state index contributed by atoms with van der Waals surface area (Å²) < 4.78 is 32.2. The molecule has 0 atom stereocenters. The number of nitrogens with one attached hydrogen (secondary N) is 1. The van der Waals surface area contributed by atoms with Crippen molar-refractivity contribution in [3.63, 3.8) is 0 Å². The highest BCUT2D eigenvalue weighted by molar-refractivity contribution is 7.89. The highest BCUT2D eigenvalue weighted by Gasteiger charge is 2.38. The predicted octanol–water partition coefficient (Wildman–Crippen LogP) is 0.676. The molecule has 1 aliphatic carbocycles. The summed E-state index contributed by atoms with van der Waals surface area (Å²) in [6.45, 7) is 1.04. The van der Waals surface area contributed by atoms with Gasteiger partial charge in [-0.1, -0.05) is 12.8 Å². The highest BCUT2D eigenvalue weighted by atomic mass is 32.2. The molecule has 2 aliphatic rings. The van der Waals surface area contributed by atoms with Gasteiger partial charge in [0.05, 0.1) is 11.8 Å². The molecule has 0 spiro atoms. The second kappa shape index (κ2) is 6.19. The topological polar surface area (TPSA) is 96.5 Å². The van der Waals surface area contributed by atoms with Crippen molar-refractivity contribution in [1.82, 2.24) is 4.31 Å². The maximum Gasteiger partial charge on any atom is 0.217 e. The molecule has 1 aliphatic heterocycles. The van der Waals surface area contributed by atoms with Gasteiger partial charge in [-0.3, -0.25) is 5.41 Å². The largest absolute Gasteiger partial charge is 0.387 e. The molecule has 110 valence electrons. The Morgan fingerprint density at radius 1 is 1.21 bits per heavy atom. The first-order chi connectivity index (χ1) is 9.01. The summed E-state index contributed by atoms with van der Waals surface area (Å²) >= 11 is 0. The lowest BCUT2D eigenvalue weighted by atomic mass is 10.2. The fraction of sp³-hybridized carbons (Fsp3) is 0.917. The summed E-state index contributed by atoms with van der Waals surface area (Å²) in [6, 6.07) is 0.0248. The Kier molecular flexibility index (Phi) is 4.81. The molecule has 0 unspecified atom stereocenters. The van der Waals surface area contributed by atoms with Gasteiger partial charge in [-0.2, -0.15) is 4.31 Å². The SMILES string of the molecule is N=C(N)CN(C1CCCC1)S(=O)(=O)C1CCOCC1. The van der Waals surface area contributed by atoms with Crippen LogP contribution >= 0.6 is 0 Å². The maximum atomic E-state index is 12.7. The number of hydrogen-bond donors (Lipinski definition) is 2. The molecule has 0 bridgehead atoms. The number of nitrogens with zero attached hydrogens (tertiary/aromatic N) is 1. The summed E-state index contributed by atoms with van der Waals surface area (Å²) in [4.78, 5) is 0. The third-order valence-electron chi connectivity index (χ3n) is 3.97. The van der Waals surface area contributed by atoms with Crippen LogP contribution in [0.25, 0.3) is 0 Å². The van der Waals surface area contributed by atoms with Crippen molar-refractivity contribution in [3.05, 3.63) is 0 Å². The van der Waals surface area contributed by atoms with Crippen molar-refractivity contribution < 1.29 is 13.2 Å². The van der Waals surface area contributed by atoms with Gasteiger partial charge in [0, 0.05) is 19.3 Å². The lowest BCUT2D eigenvalue weighted by Crippen LogP contribution is -2.49. The van der Waals surface area contributed by atoms with Crippen LogP contribution in [0.5, 0.6) is 0 Å². The molecule has 19 heavy (non-hydrogen) atoms. The molecule has 0 aromatic carbocycles. The van der Waals surface area contributed by atoms with Crippen LogP contribution < -0.4 is 5.73 Å². The van der Waals surface area contributed by atoms with Gasteiger partial charge >= 0.3 is 0 Å². The number of sulfonamides is 1. The van der Waals surface area contributed by atoms with Gasteiger partial charge in [0.1, 0.15) is 5.84 Å². The molecular weight excluding hydrogens is 266 g/mol. The van der Waals surface area contributed by atoms with E-state index >= 15 is 0 Å². The van der Waals surface area contributed by atoms with E-state index in [1.807, 2.05) is 0 Å². The van der Waals surface area contributed by atoms with Crippen molar-refractivity contribution in [1.29, 1.82) is 5.41 Å². The van der Waals surface area contributed by atoms with Crippen LogP contribution in [0.15, 0.2) is 0 Å². The van der Waals surface area contributed by atoms with Gasteiger partial charge < -0.3 is 10.5 Å². The quantitative estimate of drug-likeness (QED) is 0.574. The van der Waals surface area contributed by atoms with Gasteiger partial charge in [-0.15, -0.1) is 0 Å². The summed E-state index contributed by atoms with van der Waals surface area (Å²) in [5, 5.41) is 7.06. The van der Waals surface area contributed by atoms with Crippen LogP contribution in [-0.4, -0.2) is 49.6 Å². The van der Waals surface area contributed by atoms with Gasteiger partial charge in [-0.25, -0.2) is 8.42 Å². The standard InChI is InChI=1S/C12H23N3O3S/c13-12(14)9-15(10-3-1-2-4-10)19(16,17)11-5-7-18-8-6-11/h10-11H,1-9H2,(H3,13,14). The zero-order valence-corrected chi connectivity index (χ0v) is 12.0. The average molecular weight is 289 g/mol. The number of ether oxygens (including phenoxy) is 1. The summed E-state index contributed by atoms with van der Waals surface area (Å²) in [5.74, 6) is -0.0810. The zero-order valence-electron chi connectivity index (χ0n) is 11.2. The summed E-state index contributed by atoms with van der Waals surface area (Å²) in [5.41, 5.74) is 5.44. The number of nitrogens with two attached hydrogens (primary N) is 1. The van der Waals surface area contributed by atoms with Gasteiger partial charge in [0.25, 0.3) is 0 Å². The molecule has 1 heterocycles. The molecule has 6 nitrogen and oxygen atoms in total. The van der Waals surface area contributed by atoms with Crippen molar-refractivity contribution in [2.75, 3.05) is 19.8 Å². The normalized spacial score (nSPS) is 23.0. The Balaban J connectivity index is 2.17. The van der Waals surface area contributed by atoms with E-state index in [-0.39, 0.29) is 23.7 Å². The molecule has 2 rings (SSSR count). The monoisotopic (exact) mass is 289 g/mol. The van der Waals surface area contributed by atoms with Crippen LogP contribution in [0.2, 0.25) is 0 Å². The van der Waals surface area contributed by atoms with Crippen LogP contribution in [0, 0.1) is 5.41 Å². The Morgan fingerprint density at radius 2 is 1.79 bits per heavy atom. The van der Waals surface area contributed by atoms with Gasteiger partial charge in [0.15, 0.2) is 0 Å². The Labute approximate surface area is 114 Å². The number of rotatable bonds is 5. The number of amidine groups is 1. The molecule has 3 N–H and O–H groups in total. The van der Waals surface area contributed by atoms with Crippen molar-refractivity contribution in [2.45, 2.75) is 49.8 Å². The Bertz CT molecular complexity index is 412. The second-order valence-electron chi connectivity index (χ2n) is 5.37. The van der Waals surface area contributed by atoms with Crippen molar-refractivity contribution in [3.8, 4) is 0 Å². The minimum Gasteiger partial charge on any atom is -0.387 e. The van der Waals surface area contributed by atoms with E-state index in [0.717, 1.165) is 25.7 Å². The van der Waals surface area contributed by atoms with E-state index in [0.29, 0.717) is 26.1 Å². The minimum atomic E-state index is -3.37. The van der Waals surface area contributed by atoms with Crippen LogP contribution in [0.3, 0.4) is 0 Å². The molecule has 2 fully saturated rings. The third kappa shape index (κ3) is 3.46. The van der Waals surface area contributed by atoms with E-state index < -0.39 is 10.0 Å². The first-order valence-corrected chi connectivity index (χ1v) is 8.43. The van der Waals surface area contributed by atoms with E-state index in [1.54, 1.807) is 0 Å². The third-order valence-corrected chi connectivity index (χ3v) is 6.37. The zero-order chi connectivity index (χ0) is 13.9. The molecule has 1 saturated carbocycles. The number of hydrogen-bond acceptors (Lipinski definition) is 4. The van der Waals surface area contributed by atoms with E-state index in [4.69, 9.17) is 15.9 Å². The fourth-order valence-electron chi connectivity index (χ4n) is 2.95. The first kappa shape index (κ1) is 14.7. The van der Waals surface area contributed by atoms with E-state index in [1.165, 1.54) is 4.31 Å². The molecule has 0 radical (unpaired) electrons. The summed E-state index contributed by atoms with van der Waals surface area (Å²) in [7, 11) is -3.37. The van der Waals surface area contributed by atoms with Crippen LogP contribution in [-0.2, 0) is 14.8 Å². The molecule has 0 amide bonds. The lowest BCUT2D eigenvalue weighted by molar-refractivity contribution is 0.0969. The van der Waals surface area contributed by atoms with Crippen LogP contribution in [0.4, 0.5) is 0 Å². The molecule has 0 aromatic heterocycles. The minimum absolute atomic E-state index is 0.0248. The Hall–Kier alpha value is -0.660. The van der Waals surface area contributed by atoms with E-state index in [9.17, 15) is 8.42 Å². The average Bonchev–Trinajstić information content (AvgIpc) is 2.90. The van der Waals surface area contributed by atoms with Crippen molar-refractivity contribution in [2.24, 2.45) is 5.73 Å². The second-order valence-corrected chi connectivity index (χ2v) is 7.53. The molecule has 7 heteroatoms. The first-order valence-electron chi connectivity index (χ1n) is 6.93.